The molecule has 2 aliphatic rings. The molecule has 2 N–H and O–H groups in total. The van der Waals surface area contributed by atoms with Crippen LogP contribution < -0.4 is 9.47 Å². The minimum absolute atomic E-state index is 0.0475. The summed E-state index contributed by atoms with van der Waals surface area (Å²) in [5, 5.41) is 23.8. The summed E-state index contributed by atoms with van der Waals surface area (Å²) in [6.07, 6.45) is 3.17. The molecule has 0 spiro atoms. The third-order valence-electron chi connectivity index (χ3n) is 14.0. The van der Waals surface area contributed by atoms with Crippen LogP contribution in [-0.2, 0) is 56.5 Å². The van der Waals surface area contributed by atoms with Crippen molar-refractivity contribution in [2.45, 2.75) is 115 Å². The first-order valence-corrected chi connectivity index (χ1v) is 28.7. The van der Waals surface area contributed by atoms with Crippen molar-refractivity contribution in [1.29, 1.82) is 0 Å². The van der Waals surface area contributed by atoms with Gasteiger partial charge in [0.25, 0.3) is 0 Å². The fraction of sp³-hybridized carbons (Fsp3) is 0.281. The highest BCUT2D eigenvalue weighted by Gasteiger charge is 2.32. The number of hydrogen-bond donors (Lipinski definition) is 2. The molecule has 1 atom stereocenters. The van der Waals surface area contributed by atoms with E-state index in [-0.39, 0.29) is 35.7 Å². The molecular formula is C64H68N2O9S2. The SMILES string of the molecule is CC.Cc1cc(CN(CC(=O)O)S(=O)(=O)c2ccc3c(c2)CCC(C)(C)O3)ccc1-c1ccc2ccccc2c1.Cc1cc(CN(CC(=O)O)S(=O)c2ccc3c(c2)CCC(C)(C)O3)ccc1-c1cccc2ccccc12. The van der Waals surface area contributed by atoms with Crippen molar-refractivity contribution in [3.63, 3.8) is 0 Å². The van der Waals surface area contributed by atoms with Gasteiger partial charge in [-0.3, -0.25) is 9.59 Å². The molecule has 10 rings (SSSR count). The van der Waals surface area contributed by atoms with Gasteiger partial charge in [-0.2, -0.15) is 4.31 Å². The zero-order valence-electron chi connectivity index (χ0n) is 45.1. The first-order valence-electron chi connectivity index (χ1n) is 26.1. The number of ether oxygens (including phenoxy) is 2. The topological polar surface area (TPSA) is 151 Å². The van der Waals surface area contributed by atoms with Crippen LogP contribution in [-0.4, -0.2) is 67.7 Å². The van der Waals surface area contributed by atoms with Crippen LogP contribution >= 0.6 is 0 Å². The van der Waals surface area contributed by atoms with E-state index >= 15 is 0 Å². The molecule has 77 heavy (non-hydrogen) atoms. The third-order valence-corrected chi connectivity index (χ3v) is 17.1. The predicted octanol–water partition coefficient (Wildman–Crippen LogP) is 13.7. The second kappa shape index (κ2) is 23.6. The zero-order chi connectivity index (χ0) is 55.2. The maximum atomic E-state index is 13.6. The van der Waals surface area contributed by atoms with E-state index in [1.807, 2.05) is 95.3 Å². The maximum Gasteiger partial charge on any atom is 0.318 e. The molecule has 0 amide bonds. The van der Waals surface area contributed by atoms with E-state index in [2.05, 4.69) is 93.6 Å². The number of rotatable bonds is 14. The lowest BCUT2D eigenvalue weighted by Gasteiger charge is -2.33. The molecule has 8 aromatic carbocycles. The molecule has 0 saturated heterocycles. The standard InChI is InChI=1S/C31H31NO5S.C31H31NO4S.C2H6/c1-21-16-22(8-12-28(21)25-10-9-23-6-4-5-7-24(23)17-25)19-32(20-30(33)34)38(35,36)27-11-13-29-26(18-27)14-15-31(2,3)37-29;1-21-17-22(11-13-26(21)28-10-6-8-23-7-4-5-9-27(23)28)19-32(20-30(33)34)37(35)25-12-14-29-24(18-25)15-16-31(2,3)36-29;1-2/h4-13,16-18H,14-15,19-20H2,1-3H3,(H,33,34);4-14,17-18H,15-16,19-20H2,1-3H3,(H,33,34);1-2H3. The highest BCUT2D eigenvalue weighted by molar-refractivity contribution is 7.89. The Balaban J connectivity index is 0.000000197. The Kier molecular flexibility index (Phi) is 17.2. The van der Waals surface area contributed by atoms with E-state index in [9.17, 15) is 32.4 Å². The van der Waals surface area contributed by atoms with Gasteiger partial charge in [0.2, 0.25) is 10.0 Å². The van der Waals surface area contributed by atoms with Crippen LogP contribution in [0.1, 0.15) is 87.8 Å². The van der Waals surface area contributed by atoms with Gasteiger partial charge in [0.05, 0.1) is 9.79 Å². The Hall–Kier alpha value is -7.16. The number of carboxylic acid groups (broad SMARTS) is 2. The average Bonchev–Trinajstić information content (AvgIpc) is 3.40. The maximum absolute atomic E-state index is 13.6. The molecule has 0 aromatic heterocycles. The Bertz CT molecular complexity index is 3620. The van der Waals surface area contributed by atoms with Crippen molar-refractivity contribution in [3.05, 3.63) is 191 Å². The van der Waals surface area contributed by atoms with Gasteiger partial charge in [-0.15, -0.1) is 0 Å². The second-order valence-electron chi connectivity index (χ2n) is 20.8. The van der Waals surface area contributed by atoms with E-state index in [0.717, 1.165) is 95.7 Å². The zero-order valence-corrected chi connectivity index (χ0v) is 46.8. The molecule has 0 fully saturated rings. The van der Waals surface area contributed by atoms with Gasteiger partial charge in [-0.25, -0.2) is 16.9 Å². The fourth-order valence-electron chi connectivity index (χ4n) is 10.0. The normalized spacial score (nSPS) is 14.7. The molecule has 0 saturated carbocycles. The molecule has 0 radical (unpaired) electrons. The van der Waals surface area contributed by atoms with Crippen molar-refractivity contribution in [3.8, 4) is 33.8 Å². The monoisotopic (exact) mass is 1070 g/mol. The number of carboxylic acids is 2. The van der Waals surface area contributed by atoms with E-state index in [1.54, 1.807) is 18.2 Å². The molecule has 2 aliphatic heterocycles. The van der Waals surface area contributed by atoms with Gasteiger partial charge in [0, 0.05) is 13.1 Å². The van der Waals surface area contributed by atoms with Gasteiger partial charge in [0.15, 0.2) is 0 Å². The Morgan fingerprint density at radius 1 is 0.571 bits per heavy atom. The molecular weight excluding hydrogens is 1000 g/mol. The van der Waals surface area contributed by atoms with Crippen LogP contribution in [0.15, 0.2) is 168 Å². The van der Waals surface area contributed by atoms with Crippen LogP contribution in [0.2, 0.25) is 0 Å². The number of nitrogens with zero attached hydrogens (tertiary/aromatic N) is 2. The number of sulfonamides is 1. The number of aliphatic carboxylic acids is 2. The molecule has 0 aliphatic carbocycles. The lowest BCUT2D eigenvalue weighted by molar-refractivity contribution is -0.138. The number of hydrogen-bond acceptors (Lipinski definition) is 7. The molecule has 8 aromatic rings. The molecule has 2 heterocycles. The first-order chi connectivity index (χ1) is 36.7. The number of fused-ring (bicyclic) bond motifs is 4. The molecule has 400 valence electrons. The molecule has 11 nitrogen and oxygen atoms in total. The van der Waals surface area contributed by atoms with E-state index in [1.165, 1.54) is 21.1 Å². The predicted molar refractivity (Wildman–Crippen MR) is 308 cm³/mol. The van der Waals surface area contributed by atoms with Crippen LogP contribution in [0.25, 0.3) is 43.8 Å². The van der Waals surface area contributed by atoms with Gasteiger partial charge >= 0.3 is 11.9 Å². The number of aryl methyl sites for hydroxylation is 4. The minimum Gasteiger partial charge on any atom is -0.488 e. The lowest BCUT2D eigenvalue weighted by Crippen LogP contribution is -2.36. The van der Waals surface area contributed by atoms with Crippen LogP contribution in [0.5, 0.6) is 11.5 Å². The van der Waals surface area contributed by atoms with Gasteiger partial charge in [-0.05, 0) is 187 Å². The largest absolute Gasteiger partial charge is 0.488 e. The summed E-state index contributed by atoms with van der Waals surface area (Å²) in [4.78, 5) is 24.0. The smallest absolute Gasteiger partial charge is 0.318 e. The third kappa shape index (κ3) is 13.3. The van der Waals surface area contributed by atoms with Crippen LogP contribution in [0, 0.1) is 13.8 Å². The molecule has 1 unspecified atom stereocenters. The number of benzene rings is 8. The van der Waals surface area contributed by atoms with Crippen molar-refractivity contribution >= 4 is 54.5 Å². The fourth-order valence-corrected chi connectivity index (χ4v) is 12.7. The van der Waals surface area contributed by atoms with E-state index in [4.69, 9.17) is 9.47 Å². The van der Waals surface area contributed by atoms with Gasteiger partial charge < -0.3 is 19.7 Å². The lowest BCUT2D eigenvalue weighted by atomic mass is 9.94. The Labute approximate surface area is 455 Å². The van der Waals surface area contributed by atoms with Crippen molar-refractivity contribution in [1.82, 2.24) is 8.61 Å². The summed E-state index contributed by atoms with van der Waals surface area (Å²) < 4.78 is 55.3. The molecule has 0 bridgehead atoms. The quantitative estimate of drug-likeness (QED) is 0.108. The summed E-state index contributed by atoms with van der Waals surface area (Å²) in [6, 6.07) is 51.3. The summed E-state index contributed by atoms with van der Waals surface area (Å²) in [6.45, 7) is 15.4. The highest BCUT2D eigenvalue weighted by Crippen LogP contribution is 2.38. The summed E-state index contributed by atoms with van der Waals surface area (Å²) in [7, 11) is -5.69. The number of carbonyl (C=O) groups is 2. The van der Waals surface area contributed by atoms with E-state index < -0.39 is 39.5 Å². The Morgan fingerprint density at radius 3 is 1.77 bits per heavy atom. The van der Waals surface area contributed by atoms with Crippen molar-refractivity contribution in [2.24, 2.45) is 0 Å². The van der Waals surface area contributed by atoms with Crippen LogP contribution in [0.3, 0.4) is 0 Å². The first kappa shape index (κ1) is 56.1. The highest BCUT2D eigenvalue weighted by atomic mass is 32.2. The van der Waals surface area contributed by atoms with Gasteiger partial charge in [0.1, 0.15) is 46.8 Å². The summed E-state index contributed by atoms with van der Waals surface area (Å²) in [5.41, 5.74) is 9.41. The average molecular weight is 1070 g/mol. The molecule has 13 heteroatoms. The summed E-state index contributed by atoms with van der Waals surface area (Å²) in [5.74, 6) is -0.743. The second-order valence-corrected chi connectivity index (χ2v) is 24.2. The van der Waals surface area contributed by atoms with Crippen LogP contribution in [0.4, 0.5) is 0 Å². The van der Waals surface area contributed by atoms with Gasteiger partial charge in [-0.1, -0.05) is 129 Å². The van der Waals surface area contributed by atoms with Crippen molar-refractivity contribution in [2.75, 3.05) is 13.1 Å². The van der Waals surface area contributed by atoms with Crippen molar-refractivity contribution < 1.29 is 41.9 Å². The minimum atomic E-state index is -4.06. The van der Waals surface area contributed by atoms with E-state index in [0.29, 0.717) is 17.1 Å². The Morgan fingerprint density at radius 2 is 1.13 bits per heavy atom. The summed E-state index contributed by atoms with van der Waals surface area (Å²) >= 11 is 0.